The van der Waals surface area contributed by atoms with Crippen molar-refractivity contribution in [3.05, 3.63) is 83.7 Å². The number of rotatable bonds is 54. The Kier molecular flexibility index (Phi) is 49.6. The molecule has 3 aromatic rings. The minimum Gasteiger partial charge on any atom is -0.394 e. The zero-order chi connectivity index (χ0) is 95.4. The van der Waals surface area contributed by atoms with E-state index in [0.717, 1.165) is 35.1 Å². The molecule has 4 heterocycles. The smallest absolute Gasteiger partial charge is 0.246 e. The lowest BCUT2D eigenvalue weighted by Gasteiger charge is -2.31. The van der Waals surface area contributed by atoms with Gasteiger partial charge < -0.3 is 121 Å². The Morgan fingerprint density at radius 2 is 1.17 bits per heavy atom. The van der Waals surface area contributed by atoms with Gasteiger partial charge in [-0.25, -0.2) is 0 Å². The van der Waals surface area contributed by atoms with E-state index >= 15 is 4.79 Å². The van der Waals surface area contributed by atoms with Gasteiger partial charge in [-0.2, -0.15) is 0 Å². The van der Waals surface area contributed by atoms with Crippen LogP contribution in [-0.4, -0.2) is 270 Å². The maximum Gasteiger partial charge on any atom is 0.246 e. The van der Waals surface area contributed by atoms with E-state index in [1.54, 1.807) is 61.7 Å². The van der Waals surface area contributed by atoms with E-state index in [2.05, 4.69) is 85.7 Å². The number of allylic oxidation sites excluding steroid dienone is 1. The highest BCUT2D eigenvalue weighted by Crippen LogP contribution is 2.25. The summed E-state index contributed by atoms with van der Waals surface area (Å²) in [4.78, 5) is 237. The lowest BCUT2D eigenvalue weighted by atomic mass is 10.00. The Balaban J connectivity index is 1.11. The number of nitrogens with one attached hydrogen (secondary N) is 13. The Labute approximate surface area is 763 Å². The van der Waals surface area contributed by atoms with Crippen molar-refractivity contribution in [2.75, 3.05) is 65.8 Å². The second kappa shape index (κ2) is 60.2. The molecule has 2 aromatic carbocycles. The van der Waals surface area contributed by atoms with Crippen LogP contribution in [0, 0.1) is 0 Å². The number of nitrogens with two attached hydrogens (primary N) is 4. The van der Waals surface area contributed by atoms with Crippen molar-refractivity contribution >= 4 is 117 Å². The van der Waals surface area contributed by atoms with Crippen LogP contribution in [0.2, 0.25) is 0 Å². The molecule has 12 atom stereocenters. The molecule has 0 spiro atoms. The van der Waals surface area contributed by atoms with Gasteiger partial charge in [-0.1, -0.05) is 171 Å². The van der Waals surface area contributed by atoms with Gasteiger partial charge in [0, 0.05) is 106 Å². The number of aliphatic imine (C=N–C) groups is 2. The minimum absolute atomic E-state index is 0.00520. The molecular weight excluding hydrogens is 1700 g/mol. The molecule has 41 nitrogen and oxygen atoms in total. The van der Waals surface area contributed by atoms with Crippen LogP contribution in [0.25, 0.3) is 10.9 Å². The summed E-state index contributed by atoms with van der Waals surface area (Å²) in [6.07, 6.45) is 17.6. The van der Waals surface area contributed by atoms with Gasteiger partial charge in [0.25, 0.3) is 0 Å². The number of amides is 15. The van der Waals surface area contributed by atoms with E-state index in [9.17, 15) is 87.2 Å². The van der Waals surface area contributed by atoms with Gasteiger partial charge in [-0.3, -0.25) is 86.7 Å². The Morgan fingerprint density at radius 1 is 0.580 bits per heavy atom. The van der Waals surface area contributed by atoms with E-state index in [1.165, 1.54) is 70.4 Å². The number of para-hydroxylation sites is 1. The Bertz CT molecular complexity index is 4310. The number of nitrogens with zero attached hydrogens (tertiary/aromatic N) is 3. The number of Topliss-reactive ketones (excluding diaryl/α,β-unsaturated/α-hetero) is 1. The van der Waals surface area contributed by atoms with E-state index in [-0.39, 0.29) is 121 Å². The molecule has 3 aliphatic rings. The molecule has 1 aromatic heterocycles. The lowest BCUT2D eigenvalue weighted by Crippen LogP contribution is -2.61. The van der Waals surface area contributed by atoms with Crippen molar-refractivity contribution < 1.29 is 102 Å². The number of primary amides is 2. The molecular formula is C90H138N20O21. The molecule has 0 unspecified atom stereocenters. The number of carbonyl (C=O) groups is 16. The van der Waals surface area contributed by atoms with Crippen molar-refractivity contribution in [2.45, 2.75) is 292 Å². The van der Waals surface area contributed by atoms with Gasteiger partial charge in [-0.05, 0) is 62.1 Å². The summed E-state index contributed by atoms with van der Waals surface area (Å²) in [5.41, 5.74) is 24.7. The molecule has 131 heavy (non-hydrogen) atoms. The third-order valence-electron chi connectivity index (χ3n) is 22.6. The second-order valence-electron chi connectivity index (χ2n) is 33.3. The number of ketones is 1. The van der Waals surface area contributed by atoms with Gasteiger partial charge in [0.05, 0.1) is 45.7 Å². The summed E-state index contributed by atoms with van der Waals surface area (Å²) < 4.78 is 10.8. The maximum atomic E-state index is 15.3. The number of unbranched alkanes of at least 4 members (excludes halogenated alkanes) is 13. The van der Waals surface area contributed by atoms with Crippen molar-refractivity contribution in [3.63, 3.8) is 0 Å². The first-order valence-electron chi connectivity index (χ1n) is 45.9. The number of guanidine groups is 1. The zero-order valence-electron chi connectivity index (χ0n) is 75.4. The van der Waals surface area contributed by atoms with Crippen LogP contribution in [0.4, 0.5) is 0 Å². The number of aromatic amines is 1. The molecule has 0 aliphatic carbocycles. The predicted octanol–water partition coefficient (Wildman–Crippen LogP) is -0.839. The average Bonchev–Trinajstić information content (AvgIpc) is 1.69. The second-order valence-corrected chi connectivity index (χ2v) is 33.3. The average molecular weight is 1840 g/mol. The third-order valence-corrected chi connectivity index (χ3v) is 22.6. The molecule has 6 rings (SSSR count). The number of fused-ring (bicyclic) bond motifs is 2. The number of hydrogen-bond acceptors (Lipinski definition) is 23. The number of hydrogen-bond donors (Lipinski definition) is 20. The van der Waals surface area contributed by atoms with Crippen LogP contribution in [0.15, 0.2) is 82.6 Å². The summed E-state index contributed by atoms with van der Waals surface area (Å²) in [5.74, 6) is -14.8. The van der Waals surface area contributed by atoms with Crippen LogP contribution in [0.5, 0.6) is 0 Å². The van der Waals surface area contributed by atoms with Crippen molar-refractivity contribution in [1.29, 1.82) is 0 Å². The molecule has 24 N–H and O–H groups in total. The molecule has 0 saturated carbocycles. The molecule has 41 heteroatoms. The highest BCUT2D eigenvalue weighted by molar-refractivity contribution is 6.01. The molecule has 15 amide bonds. The van der Waals surface area contributed by atoms with Gasteiger partial charge in [0.1, 0.15) is 78.9 Å². The van der Waals surface area contributed by atoms with Crippen LogP contribution in [-0.2, 0) is 99.0 Å². The standard InChI is InChI=1S/C90H138N20O21/c1-3-5-7-8-9-10-11-12-13-14-15-16-23-37-76(116)96-42-43-130-44-45-131-56-78(118)99-52-77(117)100-72(54-111)86(126)104-67(38-39-75(91)115)82(122)106-70(48-59-30-26-40-95-59)85(125)109-73(55-112)87(127)103-65(33-6-4-2)81(121)108-71-49-60(113)31-21-18-22-35-64(79(92)119)101-84(124)69(47-58-51-98-63-34-25-24-32-62(58)63)105-80(120)66(36-27-41-97-90(93)94)102-83(123)68(46-57-28-19-17-20-29-57)107-88(128)74-50-61(114)53-110(74)89(71)129/h17,19-20,24-25,28-30,32,34,40,51,61,64-74,98,111-112,114H,3-16,18,21-23,26-27,31,33,35-39,41-50,52-56H2,1-2H3,(H2,91,115)(H2,92,119)(H,96,116)(H,99,118)(H,100,117)(H,101,124)(H,102,123)(H,103,127)(H,104,126)(H,105,120)(H,106,122)(H,107,128)(H,108,121)(H,109,125)(H4,93,94,97)/t61-,64+,65+,66+,67+,68-,69+,70+,71+,72+,73+,74+/m1/s1. The number of aliphatic hydroxyl groups excluding tert-OH is 3. The topological polar surface area (TPSA) is 644 Å². The quantitative estimate of drug-likeness (QED) is 0.0186. The molecule has 724 valence electrons. The van der Waals surface area contributed by atoms with Crippen molar-refractivity contribution in [3.8, 4) is 0 Å². The highest BCUT2D eigenvalue weighted by atomic mass is 16.5. The van der Waals surface area contributed by atoms with Crippen molar-refractivity contribution in [1.82, 2.24) is 73.7 Å². The fourth-order valence-corrected chi connectivity index (χ4v) is 15.3. The molecule has 2 fully saturated rings. The van der Waals surface area contributed by atoms with Crippen LogP contribution < -0.4 is 86.7 Å². The highest BCUT2D eigenvalue weighted by Gasteiger charge is 2.45. The molecule has 3 aliphatic heterocycles. The third kappa shape index (κ3) is 40.6. The largest absolute Gasteiger partial charge is 0.394 e. The van der Waals surface area contributed by atoms with E-state index < -0.39 is 220 Å². The number of carbonyl (C=O) groups excluding carboxylic acids is 16. The zero-order valence-corrected chi connectivity index (χ0v) is 75.4. The van der Waals surface area contributed by atoms with Gasteiger partial charge in [0.15, 0.2) is 5.96 Å². The summed E-state index contributed by atoms with van der Waals surface area (Å²) >= 11 is 0. The number of aromatic nitrogens is 1. The van der Waals surface area contributed by atoms with Crippen molar-refractivity contribution in [2.24, 2.45) is 32.9 Å². The lowest BCUT2D eigenvalue weighted by molar-refractivity contribution is -0.143. The first-order valence-corrected chi connectivity index (χ1v) is 45.9. The first kappa shape index (κ1) is 108. The van der Waals surface area contributed by atoms with Crippen LogP contribution >= 0.6 is 0 Å². The number of H-pyrrole nitrogens is 1. The van der Waals surface area contributed by atoms with Gasteiger partial charge in [0.2, 0.25) is 88.6 Å². The summed E-state index contributed by atoms with van der Waals surface area (Å²) in [7, 11) is 0. The minimum atomic E-state index is -1.91. The van der Waals surface area contributed by atoms with Crippen LogP contribution in [0.3, 0.4) is 0 Å². The number of aliphatic hydroxyl groups is 3. The fourth-order valence-electron chi connectivity index (χ4n) is 15.3. The Morgan fingerprint density at radius 3 is 1.82 bits per heavy atom. The molecule has 0 radical (unpaired) electrons. The molecule has 2 saturated heterocycles. The molecule has 0 bridgehead atoms. The summed E-state index contributed by atoms with van der Waals surface area (Å²) in [6.45, 7) is 0.650. The van der Waals surface area contributed by atoms with E-state index in [4.69, 9.17) is 32.4 Å². The Hall–Kier alpha value is -11.8. The van der Waals surface area contributed by atoms with Gasteiger partial charge >= 0.3 is 0 Å². The van der Waals surface area contributed by atoms with Crippen LogP contribution in [0.1, 0.15) is 218 Å². The van der Waals surface area contributed by atoms with Gasteiger partial charge in [-0.15, -0.1) is 0 Å². The summed E-state index contributed by atoms with van der Waals surface area (Å²) in [6, 6.07) is -2.23. The summed E-state index contributed by atoms with van der Waals surface area (Å²) in [5, 5.41) is 63.8. The maximum absolute atomic E-state index is 15.3. The normalized spacial score (nSPS) is 19.4. The monoisotopic (exact) mass is 1840 g/mol. The number of ether oxygens (including phenoxy) is 2. The number of benzene rings is 2. The van der Waals surface area contributed by atoms with E-state index in [0.29, 0.717) is 36.9 Å². The SMILES string of the molecule is CCCCCCCCCCCCCCCC(=O)NCCOCCOCC(=O)NCC(=O)N[C@@H](CO)C(=O)N[C@@H](CCC(N)=O)C(=O)N[C@@H](CC1=CCC=N1)C(=O)N[C@@H](CO)C(=O)N[C@@H](CCCC)C(=O)N[C@H]1CC(=O)CCCCC[C@@H](C(N)=O)NC(=O)[C@H](Cc2c[nH]c3ccccc23)NC(=O)[C@H](CCCN=C(N)N)NC(=O)[C@@H](Cc2ccccc2)NC(=O)[C@@H]2C[C@@H](O)CN2C1=O. The van der Waals surface area contributed by atoms with E-state index in [1.807, 2.05) is 12.1 Å². The first-order chi connectivity index (χ1) is 63.0. The fraction of sp³-hybridized carbons (Fsp3) is 0.622. The predicted molar refractivity (Wildman–Crippen MR) is 485 cm³/mol.